The highest BCUT2D eigenvalue weighted by atomic mass is 28.3. The summed E-state index contributed by atoms with van der Waals surface area (Å²) in [5.41, 5.74) is 2.80. The molecular weight excluding hydrogens is 426 g/mol. The monoisotopic (exact) mass is 454 g/mol. The van der Waals surface area contributed by atoms with Gasteiger partial charge in [-0.2, -0.15) is 0 Å². The summed E-state index contributed by atoms with van der Waals surface area (Å²) in [6.07, 6.45) is 1.79. The number of carbonyl (C=O) groups is 1. The fraction of sp³-hybridized carbons (Fsp3) is 0.214. The topological polar surface area (TPSA) is 48.4 Å². The number of aromatic nitrogens is 1. The van der Waals surface area contributed by atoms with Crippen LogP contribution in [0.2, 0.25) is 0 Å². The molecule has 0 bridgehead atoms. The molecule has 0 fully saturated rings. The molecule has 4 rings (SSSR count). The molecule has 4 nitrogen and oxygen atoms in total. The van der Waals surface area contributed by atoms with E-state index in [2.05, 4.69) is 74.3 Å². The number of rotatable bonds is 6. The molecule has 0 N–H and O–H groups in total. The minimum absolute atomic E-state index is 0.113. The number of ether oxygens (including phenoxy) is 1. The molecule has 0 amide bonds. The minimum Gasteiger partial charge on any atom is -0.465 e. The van der Waals surface area contributed by atoms with E-state index >= 15 is 0 Å². The van der Waals surface area contributed by atoms with Crippen LogP contribution in [0.3, 0.4) is 0 Å². The maximum Gasteiger partial charge on any atom is 0.337 e. The molecule has 0 aliphatic rings. The zero-order valence-corrected chi connectivity index (χ0v) is 20.5. The standard InChI is InChI=1S/C28H28NO3Si/c1-28(2,3)23-12-14-26(15-13-23)33(25-8-6-5-7-9-25)32-19-24-17-20-10-11-21(27(30)31-4)16-22(20)18-29-24/h5-18H,19H2,1-4H3. The van der Waals surface area contributed by atoms with Crippen LogP contribution >= 0.6 is 0 Å². The zero-order valence-electron chi connectivity index (χ0n) is 19.5. The van der Waals surface area contributed by atoms with E-state index in [-0.39, 0.29) is 11.4 Å². The Balaban J connectivity index is 1.58. The fourth-order valence-electron chi connectivity index (χ4n) is 3.70. The van der Waals surface area contributed by atoms with E-state index < -0.39 is 9.04 Å². The molecule has 1 heterocycles. The number of fused-ring (bicyclic) bond motifs is 1. The Labute approximate surface area is 196 Å². The van der Waals surface area contributed by atoms with Gasteiger partial charge in [0.1, 0.15) is 0 Å². The first-order chi connectivity index (χ1) is 15.8. The maximum absolute atomic E-state index is 11.8. The normalized spacial score (nSPS) is 11.7. The quantitative estimate of drug-likeness (QED) is 0.315. The van der Waals surface area contributed by atoms with Crippen molar-refractivity contribution in [2.75, 3.05) is 7.11 Å². The molecular formula is C28H28NO3Si. The second-order valence-electron chi connectivity index (χ2n) is 9.04. The molecule has 1 radical (unpaired) electrons. The van der Waals surface area contributed by atoms with Gasteiger partial charge in [-0.3, -0.25) is 4.98 Å². The van der Waals surface area contributed by atoms with E-state index in [1.54, 1.807) is 18.3 Å². The van der Waals surface area contributed by atoms with Gasteiger partial charge in [0.25, 0.3) is 9.04 Å². The lowest BCUT2D eigenvalue weighted by Crippen LogP contribution is -2.45. The van der Waals surface area contributed by atoms with Crippen LogP contribution in [0.15, 0.2) is 85.1 Å². The molecule has 33 heavy (non-hydrogen) atoms. The van der Waals surface area contributed by atoms with Gasteiger partial charge in [0.15, 0.2) is 0 Å². The van der Waals surface area contributed by atoms with Crippen LogP contribution in [0.4, 0.5) is 0 Å². The Kier molecular flexibility index (Phi) is 6.72. The van der Waals surface area contributed by atoms with Crippen molar-refractivity contribution >= 4 is 36.2 Å². The molecule has 3 aromatic carbocycles. The number of methoxy groups -OCH3 is 1. The fourth-order valence-corrected chi connectivity index (χ4v) is 5.63. The third-order valence-electron chi connectivity index (χ3n) is 5.61. The van der Waals surface area contributed by atoms with Crippen LogP contribution in [-0.4, -0.2) is 27.1 Å². The number of nitrogens with zero attached hydrogens (tertiary/aromatic N) is 1. The number of pyridine rings is 1. The Hall–Kier alpha value is -3.28. The van der Waals surface area contributed by atoms with E-state index in [1.807, 2.05) is 18.2 Å². The second-order valence-corrected chi connectivity index (χ2v) is 11.1. The highest BCUT2D eigenvalue weighted by Gasteiger charge is 2.21. The van der Waals surface area contributed by atoms with Crippen molar-refractivity contribution in [1.82, 2.24) is 4.98 Å². The summed E-state index contributed by atoms with van der Waals surface area (Å²) in [6, 6.07) is 26.7. The third kappa shape index (κ3) is 5.38. The van der Waals surface area contributed by atoms with Crippen LogP contribution in [0.5, 0.6) is 0 Å². The van der Waals surface area contributed by atoms with E-state index in [4.69, 9.17) is 9.16 Å². The maximum atomic E-state index is 11.8. The molecule has 0 spiro atoms. The number of esters is 1. The first-order valence-electron chi connectivity index (χ1n) is 11.0. The predicted molar refractivity (Wildman–Crippen MR) is 134 cm³/mol. The molecule has 4 aromatic rings. The lowest BCUT2D eigenvalue weighted by atomic mass is 9.87. The van der Waals surface area contributed by atoms with E-state index in [0.29, 0.717) is 12.2 Å². The number of benzene rings is 3. The zero-order chi connectivity index (χ0) is 23.4. The predicted octanol–water partition coefficient (Wildman–Crippen LogP) is 4.64. The van der Waals surface area contributed by atoms with Crippen LogP contribution in [-0.2, 0) is 21.2 Å². The van der Waals surface area contributed by atoms with Gasteiger partial charge in [-0.05, 0) is 44.9 Å². The van der Waals surface area contributed by atoms with Gasteiger partial charge in [0, 0.05) is 11.6 Å². The number of carbonyl (C=O) groups excluding carboxylic acids is 1. The molecule has 0 aliphatic carbocycles. The average molecular weight is 455 g/mol. The first kappa shape index (κ1) is 22.9. The Morgan fingerprint density at radius 3 is 2.24 bits per heavy atom. The number of hydrogen-bond donors (Lipinski definition) is 0. The Morgan fingerprint density at radius 1 is 0.879 bits per heavy atom. The lowest BCUT2D eigenvalue weighted by molar-refractivity contribution is 0.0601. The molecule has 167 valence electrons. The highest BCUT2D eigenvalue weighted by Crippen LogP contribution is 2.21. The largest absolute Gasteiger partial charge is 0.465 e. The average Bonchev–Trinajstić information content (AvgIpc) is 2.83. The van der Waals surface area contributed by atoms with Gasteiger partial charge in [0.2, 0.25) is 0 Å². The van der Waals surface area contributed by atoms with Gasteiger partial charge in [-0.15, -0.1) is 0 Å². The molecule has 0 unspecified atom stereocenters. The minimum atomic E-state index is -1.43. The first-order valence-corrected chi connectivity index (χ1v) is 12.4. The third-order valence-corrected chi connectivity index (χ3v) is 7.76. The van der Waals surface area contributed by atoms with Gasteiger partial charge in [-0.1, -0.05) is 81.4 Å². The molecule has 0 atom stereocenters. The second kappa shape index (κ2) is 9.69. The lowest BCUT2D eigenvalue weighted by Gasteiger charge is -2.21. The Morgan fingerprint density at radius 2 is 1.58 bits per heavy atom. The summed E-state index contributed by atoms with van der Waals surface area (Å²) in [7, 11) is -0.0509. The van der Waals surface area contributed by atoms with E-state index in [9.17, 15) is 4.79 Å². The van der Waals surface area contributed by atoms with Crippen molar-refractivity contribution in [2.24, 2.45) is 0 Å². The SMILES string of the molecule is COC(=O)c1ccc2cc(CO[Si](c3ccccc3)c3ccc(C(C)(C)C)cc3)ncc2c1. The van der Waals surface area contributed by atoms with Crippen LogP contribution < -0.4 is 10.4 Å². The summed E-state index contributed by atoms with van der Waals surface area (Å²) in [6.45, 7) is 7.09. The van der Waals surface area contributed by atoms with Gasteiger partial charge >= 0.3 is 5.97 Å². The van der Waals surface area contributed by atoms with Crippen molar-refractivity contribution in [3.8, 4) is 0 Å². The van der Waals surface area contributed by atoms with Crippen molar-refractivity contribution in [2.45, 2.75) is 32.8 Å². The van der Waals surface area contributed by atoms with E-state index in [1.165, 1.54) is 23.0 Å². The van der Waals surface area contributed by atoms with Crippen LogP contribution in [0.25, 0.3) is 10.8 Å². The van der Waals surface area contributed by atoms with Crippen LogP contribution in [0.1, 0.15) is 42.4 Å². The molecule has 0 saturated carbocycles. The van der Waals surface area contributed by atoms with Crippen molar-refractivity contribution in [3.63, 3.8) is 0 Å². The van der Waals surface area contributed by atoms with Crippen LogP contribution in [0, 0.1) is 0 Å². The van der Waals surface area contributed by atoms with Crippen molar-refractivity contribution in [3.05, 3.63) is 102 Å². The highest BCUT2D eigenvalue weighted by molar-refractivity contribution is 6.80. The summed E-state index contributed by atoms with van der Waals surface area (Å²) >= 11 is 0. The summed E-state index contributed by atoms with van der Waals surface area (Å²) in [4.78, 5) is 16.4. The molecule has 0 saturated heterocycles. The van der Waals surface area contributed by atoms with Crippen molar-refractivity contribution in [1.29, 1.82) is 0 Å². The molecule has 1 aromatic heterocycles. The van der Waals surface area contributed by atoms with Gasteiger partial charge < -0.3 is 9.16 Å². The smallest absolute Gasteiger partial charge is 0.337 e. The van der Waals surface area contributed by atoms with E-state index in [0.717, 1.165) is 16.5 Å². The summed E-state index contributed by atoms with van der Waals surface area (Å²) in [5, 5.41) is 4.32. The summed E-state index contributed by atoms with van der Waals surface area (Å²) < 4.78 is 11.3. The van der Waals surface area contributed by atoms with Gasteiger partial charge in [-0.25, -0.2) is 4.79 Å². The molecule has 0 aliphatic heterocycles. The van der Waals surface area contributed by atoms with Crippen molar-refractivity contribution < 1.29 is 14.0 Å². The Bertz CT molecular complexity index is 1250. The summed E-state index contributed by atoms with van der Waals surface area (Å²) in [5.74, 6) is -0.350. The number of hydrogen-bond acceptors (Lipinski definition) is 4. The molecule has 5 heteroatoms. The van der Waals surface area contributed by atoms with Gasteiger partial charge in [0.05, 0.1) is 25.0 Å².